The Hall–Kier alpha value is 1.15. The molecule has 0 rings (SSSR count). The summed E-state index contributed by atoms with van der Waals surface area (Å²) >= 11 is 5.07. The molecule has 0 amide bonds. The molecule has 2 nitrogen and oxygen atoms in total. The highest BCUT2D eigenvalue weighted by Crippen LogP contribution is 2.44. The van der Waals surface area contributed by atoms with Gasteiger partial charge in [-0.25, -0.2) is 0 Å². The van der Waals surface area contributed by atoms with Crippen LogP contribution in [0.1, 0.15) is 0 Å². The smallest absolute Gasteiger partial charge is 0.315 e. The van der Waals surface area contributed by atoms with Gasteiger partial charge in [-0.2, -0.15) is 0 Å². The van der Waals surface area contributed by atoms with Gasteiger partial charge in [-0.15, -0.1) is 0 Å². The van der Waals surface area contributed by atoms with Crippen LogP contribution in [0.4, 0.5) is 0 Å². The minimum absolute atomic E-state index is 0.498. The Labute approximate surface area is 54.8 Å². The molecule has 0 N–H and O–H groups in total. The van der Waals surface area contributed by atoms with E-state index in [9.17, 15) is 4.89 Å². The van der Waals surface area contributed by atoms with Crippen molar-refractivity contribution >= 4 is 37.9 Å². The SMILES string of the molecule is COP([O-])(Cl)=[S+]Cl. The number of hydrogen-bond donors (Lipinski definition) is 0. The lowest BCUT2D eigenvalue weighted by Gasteiger charge is -2.04. The van der Waals surface area contributed by atoms with E-state index in [0.717, 1.165) is 0 Å². The van der Waals surface area contributed by atoms with E-state index in [0.29, 0.717) is 10.2 Å². The second-order valence-electron chi connectivity index (χ2n) is 0.682. The van der Waals surface area contributed by atoms with Crippen LogP contribution < -0.4 is 4.89 Å². The lowest BCUT2D eigenvalue weighted by atomic mass is 11.8. The van der Waals surface area contributed by atoms with Gasteiger partial charge in [0.2, 0.25) is 0 Å². The van der Waals surface area contributed by atoms with Crippen molar-refractivity contribution in [2.75, 3.05) is 7.11 Å². The Balaban J connectivity index is 3.85. The van der Waals surface area contributed by atoms with E-state index in [1.807, 2.05) is 0 Å². The zero-order valence-electron chi connectivity index (χ0n) is 3.43. The third kappa shape index (κ3) is 3.71. The summed E-state index contributed by atoms with van der Waals surface area (Å²) in [5.74, 6) is -3.00. The first kappa shape index (κ1) is 8.15. The molecule has 0 radical (unpaired) electrons. The van der Waals surface area contributed by atoms with Crippen LogP contribution >= 0.6 is 27.8 Å². The van der Waals surface area contributed by atoms with Crippen molar-refractivity contribution in [1.29, 1.82) is 0 Å². The van der Waals surface area contributed by atoms with Crippen LogP contribution in [0, 0.1) is 0 Å². The van der Waals surface area contributed by atoms with Crippen molar-refractivity contribution in [1.82, 2.24) is 0 Å². The topological polar surface area (TPSA) is 32.3 Å². The molecule has 0 bridgehead atoms. The molecule has 0 fully saturated rings. The summed E-state index contributed by atoms with van der Waals surface area (Å²) in [4.78, 5) is 10.3. The van der Waals surface area contributed by atoms with E-state index in [1.165, 1.54) is 7.11 Å². The quantitative estimate of drug-likeness (QED) is 0.448. The van der Waals surface area contributed by atoms with Crippen LogP contribution in [0.25, 0.3) is 0 Å². The van der Waals surface area contributed by atoms with Gasteiger partial charge in [0.15, 0.2) is 0 Å². The molecule has 44 valence electrons. The Morgan fingerprint density at radius 2 is 2.29 bits per heavy atom. The zero-order valence-corrected chi connectivity index (χ0v) is 6.65. The molecule has 0 aliphatic carbocycles. The van der Waals surface area contributed by atoms with Crippen LogP contribution in [0.3, 0.4) is 0 Å². The highest BCUT2D eigenvalue weighted by atomic mass is 35.8. The fourth-order valence-electron chi connectivity index (χ4n) is 0.0282. The van der Waals surface area contributed by atoms with Gasteiger partial charge in [0, 0.05) is 7.11 Å². The van der Waals surface area contributed by atoms with Gasteiger partial charge < -0.3 is 9.42 Å². The van der Waals surface area contributed by atoms with Crippen LogP contribution in [-0.4, -0.2) is 7.11 Å². The molecule has 0 aromatic heterocycles. The molecule has 0 heterocycles. The molecular weight excluding hydrogens is 178 g/mol. The van der Waals surface area contributed by atoms with Crippen molar-refractivity contribution in [2.45, 2.75) is 0 Å². The maximum absolute atomic E-state index is 10.3. The molecule has 0 spiro atoms. The van der Waals surface area contributed by atoms with Gasteiger partial charge in [0.25, 0.3) is 10.7 Å². The van der Waals surface area contributed by atoms with Gasteiger partial charge >= 0.3 is 16.0 Å². The maximum Gasteiger partial charge on any atom is 0.315 e. The van der Waals surface area contributed by atoms with Gasteiger partial charge in [-0.3, -0.25) is 0 Å². The predicted octanol–water partition coefficient (Wildman–Crippen LogP) is 1.15. The average Bonchev–Trinajstić information content (AvgIpc) is 1.68. The van der Waals surface area contributed by atoms with E-state index in [1.54, 1.807) is 0 Å². The highest BCUT2D eigenvalue weighted by molar-refractivity contribution is 8.38. The van der Waals surface area contributed by atoms with Crippen LogP contribution in [0.15, 0.2) is 0 Å². The summed E-state index contributed by atoms with van der Waals surface area (Å²) in [5, 5.41) is 0. The summed E-state index contributed by atoms with van der Waals surface area (Å²) in [6.45, 7) is 0. The van der Waals surface area contributed by atoms with Crippen LogP contribution in [-0.2, 0) is 14.7 Å². The molecular formula is CH3Cl2O2PS. The standard InChI is InChI=1S/CH3Cl2O2PS/c1-5-6(2,4)7-3/h1H3. The number of hydrogen-bond acceptors (Lipinski definition) is 2. The predicted molar refractivity (Wildman–Crippen MR) is 33.0 cm³/mol. The average molecular weight is 181 g/mol. The zero-order chi connectivity index (χ0) is 5.91. The molecule has 0 saturated carbocycles. The van der Waals surface area contributed by atoms with Crippen molar-refractivity contribution in [3.05, 3.63) is 0 Å². The third-order valence-electron chi connectivity index (χ3n) is 0.301. The lowest BCUT2D eigenvalue weighted by molar-refractivity contribution is -0.173. The van der Waals surface area contributed by atoms with E-state index in [4.69, 9.17) is 21.9 Å². The largest absolute Gasteiger partial charge is 0.751 e. The highest BCUT2D eigenvalue weighted by Gasteiger charge is 2.08. The summed E-state index contributed by atoms with van der Waals surface area (Å²) in [5.41, 5.74) is 0. The first-order valence-electron chi connectivity index (χ1n) is 1.28. The summed E-state index contributed by atoms with van der Waals surface area (Å²) in [6, 6.07) is 0. The minimum atomic E-state index is -3.00. The van der Waals surface area contributed by atoms with E-state index in [-0.39, 0.29) is 0 Å². The molecule has 1 unspecified atom stereocenters. The Morgan fingerprint density at radius 1 is 1.86 bits per heavy atom. The second kappa shape index (κ2) is 3.23. The Kier molecular flexibility index (Phi) is 3.76. The van der Waals surface area contributed by atoms with E-state index < -0.39 is 5.84 Å². The van der Waals surface area contributed by atoms with Gasteiger partial charge in [0.1, 0.15) is 0 Å². The van der Waals surface area contributed by atoms with Crippen LogP contribution in [0.5, 0.6) is 0 Å². The van der Waals surface area contributed by atoms with Crippen molar-refractivity contribution in [3.8, 4) is 0 Å². The monoisotopic (exact) mass is 180 g/mol. The first-order chi connectivity index (χ1) is 3.12. The summed E-state index contributed by atoms with van der Waals surface area (Å²) < 4.78 is 4.24. The summed E-state index contributed by atoms with van der Waals surface area (Å²) in [7, 11) is 6.73. The number of rotatable bonds is 1. The molecule has 0 aliphatic rings. The number of halogens is 2. The minimum Gasteiger partial charge on any atom is -0.751 e. The first-order valence-corrected chi connectivity index (χ1v) is 6.06. The van der Waals surface area contributed by atoms with Gasteiger partial charge in [-0.05, 0) is 11.2 Å². The molecule has 0 aromatic carbocycles. The molecule has 0 aromatic rings. The molecule has 0 saturated heterocycles. The lowest BCUT2D eigenvalue weighted by Crippen LogP contribution is -1.94. The molecule has 7 heavy (non-hydrogen) atoms. The summed E-state index contributed by atoms with van der Waals surface area (Å²) in [6.07, 6.45) is 0. The normalized spacial score (nSPS) is 18.3. The van der Waals surface area contributed by atoms with Gasteiger partial charge in [0.05, 0.1) is 0 Å². The molecule has 6 heteroatoms. The second-order valence-corrected chi connectivity index (χ2v) is 7.08. The maximum atomic E-state index is 10.3. The molecule has 1 atom stereocenters. The van der Waals surface area contributed by atoms with E-state index >= 15 is 0 Å². The van der Waals surface area contributed by atoms with Crippen LogP contribution in [0.2, 0.25) is 0 Å². The van der Waals surface area contributed by atoms with Crippen molar-refractivity contribution in [3.63, 3.8) is 0 Å². The third-order valence-corrected chi connectivity index (χ3v) is 5.15. The van der Waals surface area contributed by atoms with E-state index in [2.05, 4.69) is 4.52 Å². The van der Waals surface area contributed by atoms with Gasteiger partial charge in [-0.1, -0.05) is 0 Å². The Bertz CT molecular complexity index is 97.9. The van der Waals surface area contributed by atoms with Crippen molar-refractivity contribution < 1.29 is 9.42 Å². The molecule has 0 aliphatic heterocycles. The Morgan fingerprint density at radius 3 is 2.29 bits per heavy atom. The fourth-order valence-corrected chi connectivity index (χ4v) is 0.761. The fraction of sp³-hybridized carbons (Fsp3) is 1.00. The van der Waals surface area contributed by atoms with Crippen molar-refractivity contribution in [2.24, 2.45) is 0 Å².